The molecule has 0 bridgehead atoms. The monoisotopic (exact) mass is 236 g/mol. The summed E-state index contributed by atoms with van der Waals surface area (Å²) in [5, 5.41) is 8.90. The average Bonchev–Trinajstić information content (AvgIpc) is 2.87. The Morgan fingerprint density at radius 3 is 2.59 bits per heavy atom. The Morgan fingerprint density at radius 1 is 1.41 bits per heavy atom. The minimum Gasteiger partial charge on any atom is -0.481 e. The van der Waals surface area contributed by atoms with Gasteiger partial charge in [0, 0.05) is 25.8 Å². The Morgan fingerprint density at radius 2 is 2.12 bits per heavy atom. The molecule has 1 atom stereocenters. The van der Waals surface area contributed by atoms with Gasteiger partial charge < -0.3 is 14.6 Å². The van der Waals surface area contributed by atoms with E-state index in [-0.39, 0.29) is 5.91 Å². The van der Waals surface area contributed by atoms with Crippen LogP contribution < -0.4 is 0 Å². The lowest BCUT2D eigenvalue weighted by atomic mass is 10.1. The van der Waals surface area contributed by atoms with Crippen LogP contribution in [0, 0.1) is 12.8 Å². The molecule has 0 spiro atoms. The molecule has 1 N–H and O–H groups in total. The van der Waals surface area contributed by atoms with E-state index in [0.29, 0.717) is 25.2 Å². The van der Waals surface area contributed by atoms with Gasteiger partial charge in [0.05, 0.1) is 5.92 Å². The summed E-state index contributed by atoms with van der Waals surface area (Å²) in [5.74, 6) is -1.31. The Kier molecular flexibility index (Phi) is 2.92. The zero-order valence-corrected chi connectivity index (χ0v) is 10.0. The van der Waals surface area contributed by atoms with Crippen LogP contribution in [0.1, 0.15) is 22.6 Å². The maximum Gasteiger partial charge on any atom is 0.308 e. The van der Waals surface area contributed by atoms with Crippen LogP contribution in [0.4, 0.5) is 0 Å². The molecule has 0 aromatic carbocycles. The highest BCUT2D eigenvalue weighted by Crippen LogP contribution is 2.19. The third-order valence-corrected chi connectivity index (χ3v) is 3.42. The van der Waals surface area contributed by atoms with Gasteiger partial charge in [-0.25, -0.2) is 0 Å². The number of aryl methyl sites for hydroxylation is 1. The molecule has 1 fully saturated rings. The van der Waals surface area contributed by atoms with E-state index in [1.165, 1.54) is 0 Å². The molecule has 1 amide bonds. The molecule has 1 aliphatic heterocycles. The van der Waals surface area contributed by atoms with E-state index in [1.54, 1.807) is 11.0 Å². The highest BCUT2D eigenvalue weighted by atomic mass is 16.4. The zero-order chi connectivity index (χ0) is 12.6. The summed E-state index contributed by atoms with van der Waals surface area (Å²) < 4.78 is 1.83. The van der Waals surface area contributed by atoms with E-state index < -0.39 is 11.9 Å². The van der Waals surface area contributed by atoms with Crippen LogP contribution in [0.25, 0.3) is 0 Å². The smallest absolute Gasteiger partial charge is 0.308 e. The average molecular weight is 236 g/mol. The number of nitrogens with zero attached hydrogens (tertiary/aromatic N) is 2. The summed E-state index contributed by atoms with van der Waals surface area (Å²) in [6, 6.07) is 3.67. The van der Waals surface area contributed by atoms with Gasteiger partial charge in [0.2, 0.25) is 0 Å². The van der Waals surface area contributed by atoms with Crippen LogP contribution in [0.2, 0.25) is 0 Å². The van der Waals surface area contributed by atoms with Crippen molar-refractivity contribution in [1.82, 2.24) is 9.47 Å². The quantitative estimate of drug-likeness (QED) is 0.829. The van der Waals surface area contributed by atoms with Gasteiger partial charge >= 0.3 is 5.97 Å². The number of rotatable bonds is 2. The molecule has 2 heterocycles. The third kappa shape index (κ3) is 2.05. The standard InChI is InChI=1S/C12H16N2O3/c1-8-3-4-10(13(8)2)11(15)14-6-5-9(7-14)12(16)17/h3-4,9H,5-7H2,1-2H3,(H,16,17)/t9-/m0/s1. The van der Waals surface area contributed by atoms with Gasteiger partial charge in [0.1, 0.15) is 5.69 Å². The summed E-state index contributed by atoms with van der Waals surface area (Å²) in [4.78, 5) is 24.6. The summed E-state index contributed by atoms with van der Waals surface area (Å²) in [6.45, 7) is 2.78. The second kappa shape index (κ2) is 4.24. The van der Waals surface area contributed by atoms with Crippen molar-refractivity contribution in [2.75, 3.05) is 13.1 Å². The van der Waals surface area contributed by atoms with Gasteiger partial charge in [-0.05, 0) is 25.5 Å². The zero-order valence-electron chi connectivity index (χ0n) is 10.0. The predicted molar refractivity (Wildman–Crippen MR) is 61.8 cm³/mol. The lowest BCUT2D eigenvalue weighted by Crippen LogP contribution is -2.31. The number of carbonyl (C=O) groups is 2. The number of carbonyl (C=O) groups excluding carboxylic acids is 1. The van der Waals surface area contributed by atoms with Gasteiger partial charge in [-0.1, -0.05) is 0 Å². The first-order valence-corrected chi connectivity index (χ1v) is 5.65. The van der Waals surface area contributed by atoms with Crippen molar-refractivity contribution >= 4 is 11.9 Å². The van der Waals surface area contributed by atoms with Crippen molar-refractivity contribution in [2.24, 2.45) is 13.0 Å². The fraction of sp³-hybridized carbons (Fsp3) is 0.500. The van der Waals surface area contributed by atoms with Crippen molar-refractivity contribution < 1.29 is 14.7 Å². The molecule has 2 rings (SSSR count). The van der Waals surface area contributed by atoms with Crippen LogP contribution >= 0.6 is 0 Å². The molecule has 92 valence electrons. The molecule has 5 nitrogen and oxygen atoms in total. The first kappa shape index (κ1) is 11.7. The number of hydrogen-bond donors (Lipinski definition) is 1. The van der Waals surface area contributed by atoms with Gasteiger partial charge in [-0.2, -0.15) is 0 Å². The highest BCUT2D eigenvalue weighted by molar-refractivity contribution is 5.93. The summed E-state index contributed by atoms with van der Waals surface area (Å²) >= 11 is 0. The van der Waals surface area contributed by atoms with Crippen LogP contribution in [-0.4, -0.2) is 39.5 Å². The van der Waals surface area contributed by atoms with Crippen LogP contribution in [0.3, 0.4) is 0 Å². The predicted octanol–water partition coefficient (Wildman–Crippen LogP) is 0.880. The SMILES string of the molecule is Cc1ccc(C(=O)N2CC[C@H](C(=O)O)C2)n1C. The molecule has 0 unspecified atom stereocenters. The number of aromatic nitrogens is 1. The maximum atomic E-state index is 12.2. The first-order valence-electron chi connectivity index (χ1n) is 5.65. The fourth-order valence-corrected chi connectivity index (χ4v) is 2.14. The number of carboxylic acid groups (broad SMARTS) is 1. The Hall–Kier alpha value is -1.78. The van der Waals surface area contributed by atoms with Crippen molar-refractivity contribution in [3.63, 3.8) is 0 Å². The van der Waals surface area contributed by atoms with E-state index in [0.717, 1.165) is 5.69 Å². The molecule has 1 saturated heterocycles. The molecule has 0 aliphatic carbocycles. The summed E-state index contributed by atoms with van der Waals surface area (Å²) in [7, 11) is 1.84. The molecule has 5 heteroatoms. The van der Waals surface area contributed by atoms with E-state index in [4.69, 9.17) is 5.11 Å². The van der Waals surface area contributed by atoms with Gasteiger partial charge in [0.15, 0.2) is 0 Å². The minimum absolute atomic E-state index is 0.0793. The van der Waals surface area contributed by atoms with Crippen molar-refractivity contribution in [3.05, 3.63) is 23.5 Å². The van der Waals surface area contributed by atoms with Crippen molar-refractivity contribution in [2.45, 2.75) is 13.3 Å². The lowest BCUT2D eigenvalue weighted by molar-refractivity contribution is -0.141. The van der Waals surface area contributed by atoms with E-state index in [2.05, 4.69) is 0 Å². The Balaban J connectivity index is 2.12. The molecule has 1 aliphatic rings. The molecular formula is C12H16N2O3. The van der Waals surface area contributed by atoms with Crippen molar-refractivity contribution in [3.8, 4) is 0 Å². The molecule has 17 heavy (non-hydrogen) atoms. The molecule has 1 aromatic rings. The summed E-state index contributed by atoms with van der Waals surface area (Å²) in [6.07, 6.45) is 0.546. The van der Waals surface area contributed by atoms with Crippen LogP contribution in [0.5, 0.6) is 0 Å². The molecule has 1 aromatic heterocycles. The largest absolute Gasteiger partial charge is 0.481 e. The Bertz CT molecular complexity index is 464. The number of hydrogen-bond acceptors (Lipinski definition) is 2. The number of amides is 1. The minimum atomic E-state index is -0.816. The van der Waals surface area contributed by atoms with Gasteiger partial charge in [-0.3, -0.25) is 9.59 Å². The van der Waals surface area contributed by atoms with E-state index in [9.17, 15) is 9.59 Å². The van der Waals surface area contributed by atoms with E-state index in [1.807, 2.05) is 24.6 Å². The molecule has 0 radical (unpaired) electrons. The van der Waals surface area contributed by atoms with Crippen LogP contribution in [0.15, 0.2) is 12.1 Å². The normalized spacial score (nSPS) is 19.6. The Labute approximate surface area is 99.6 Å². The van der Waals surface area contributed by atoms with Crippen molar-refractivity contribution in [1.29, 1.82) is 0 Å². The second-order valence-corrected chi connectivity index (χ2v) is 4.49. The third-order valence-electron chi connectivity index (χ3n) is 3.42. The number of aliphatic carboxylic acids is 1. The molecule has 0 saturated carbocycles. The van der Waals surface area contributed by atoms with Gasteiger partial charge in [-0.15, -0.1) is 0 Å². The van der Waals surface area contributed by atoms with Gasteiger partial charge in [0.25, 0.3) is 5.91 Å². The summed E-state index contributed by atoms with van der Waals surface area (Å²) in [5.41, 5.74) is 1.64. The topological polar surface area (TPSA) is 62.5 Å². The maximum absolute atomic E-state index is 12.2. The lowest BCUT2D eigenvalue weighted by Gasteiger charge is -2.16. The number of likely N-dealkylation sites (tertiary alicyclic amines) is 1. The highest BCUT2D eigenvalue weighted by Gasteiger charge is 2.32. The first-order chi connectivity index (χ1) is 8.00. The molecular weight excluding hydrogens is 220 g/mol. The second-order valence-electron chi connectivity index (χ2n) is 4.49. The van der Waals surface area contributed by atoms with Crippen LogP contribution in [-0.2, 0) is 11.8 Å². The van der Waals surface area contributed by atoms with E-state index >= 15 is 0 Å². The number of carboxylic acids is 1. The fourth-order valence-electron chi connectivity index (χ4n) is 2.14.